The maximum atomic E-state index is 12.3. The topological polar surface area (TPSA) is 104 Å². The summed E-state index contributed by atoms with van der Waals surface area (Å²) < 4.78 is 27.2. The van der Waals surface area contributed by atoms with E-state index in [2.05, 4.69) is 4.72 Å². The van der Waals surface area contributed by atoms with Crippen LogP contribution >= 0.6 is 11.6 Å². The highest BCUT2D eigenvalue weighted by molar-refractivity contribution is 7.89. The number of carboxylic acids is 1. The summed E-state index contributed by atoms with van der Waals surface area (Å²) in [5.74, 6) is -1.22. The van der Waals surface area contributed by atoms with Crippen molar-refractivity contribution in [2.45, 2.75) is 42.7 Å². The molecule has 0 heterocycles. The summed E-state index contributed by atoms with van der Waals surface area (Å²) in [6.07, 6.45) is 1.77. The van der Waals surface area contributed by atoms with Gasteiger partial charge in [-0.2, -0.15) is 0 Å². The Bertz CT molecular complexity index is 638. The average molecular weight is 334 g/mol. The van der Waals surface area contributed by atoms with Gasteiger partial charge in [-0.15, -0.1) is 0 Å². The van der Waals surface area contributed by atoms with E-state index in [0.29, 0.717) is 25.7 Å². The van der Waals surface area contributed by atoms with Gasteiger partial charge in [0.05, 0.1) is 16.7 Å². The number of halogens is 1. The lowest BCUT2D eigenvalue weighted by Gasteiger charge is -2.26. The molecule has 0 radical (unpaired) electrons. The molecule has 1 aliphatic carbocycles. The minimum absolute atomic E-state index is 0.0247. The van der Waals surface area contributed by atoms with Crippen molar-refractivity contribution in [3.63, 3.8) is 0 Å². The summed E-state index contributed by atoms with van der Waals surface area (Å²) in [5, 5.41) is 18.3. The summed E-state index contributed by atoms with van der Waals surface area (Å²) in [6.45, 7) is 0. The van der Waals surface area contributed by atoms with Crippen molar-refractivity contribution in [3.8, 4) is 0 Å². The van der Waals surface area contributed by atoms with Crippen LogP contribution in [0.5, 0.6) is 0 Å². The molecule has 0 bridgehead atoms. The standard InChI is InChI=1S/C13H16ClNO5S/c14-11-6-1-8(13(17)18)7-12(11)21(19,20)15-9-2-4-10(16)5-3-9/h1,6-7,9-10,15-16H,2-5H2,(H,17,18). The number of hydrogen-bond donors (Lipinski definition) is 3. The number of hydrogen-bond acceptors (Lipinski definition) is 4. The van der Waals surface area contributed by atoms with E-state index in [4.69, 9.17) is 16.7 Å². The third-order valence-corrected chi connectivity index (χ3v) is 5.49. The molecule has 0 saturated heterocycles. The Kier molecular flexibility index (Phi) is 4.88. The quantitative estimate of drug-likeness (QED) is 0.776. The van der Waals surface area contributed by atoms with E-state index in [-0.39, 0.29) is 27.6 Å². The van der Waals surface area contributed by atoms with Crippen LogP contribution in [-0.4, -0.2) is 36.7 Å². The third-order valence-electron chi connectivity index (χ3n) is 3.49. The van der Waals surface area contributed by atoms with Gasteiger partial charge >= 0.3 is 5.97 Å². The van der Waals surface area contributed by atoms with Crippen LogP contribution in [-0.2, 0) is 10.0 Å². The van der Waals surface area contributed by atoms with E-state index in [9.17, 15) is 18.3 Å². The number of benzene rings is 1. The molecule has 0 spiro atoms. The number of sulfonamides is 1. The average Bonchev–Trinajstić information content (AvgIpc) is 2.41. The zero-order chi connectivity index (χ0) is 15.6. The van der Waals surface area contributed by atoms with Crippen LogP contribution in [0.25, 0.3) is 0 Å². The molecule has 2 rings (SSSR count). The van der Waals surface area contributed by atoms with Crippen LogP contribution in [0.2, 0.25) is 5.02 Å². The molecule has 3 N–H and O–H groups in total. The highest BCUT2D eigenvalue weighted by atomic mass is 35.5. The fourth-order valence-corrected chi connectivity index (χ4v) is 4.15. The first kappa shape index (κ1) is 16.2. The van der Waals surface area contributed by atoms with Crippen molar-refractivity contribution in [2.24, 2.45) is 0 Å². The molecular weight excluding hydrogens is 318 g/mol. The second kappa shape index (κ2) is 6.31. The first-order valence-electron chi connectivity index (χ1n) is 6.53. The number of aliphatic hydroxyl groups is 1. The lowest BCUT2D eigenvalue weighted by Crippen LogP contribution is -2.38. The number of rotatable bonds is 4. The minimum Gasteiger partial charge on any atom is -0.478 e. The Morgan fingerprint density at radius 3 is 2.43 bits per heavy atom. The number of carboxylic acid groups (broad SMARTS) is 1. The molecule has 0 amide bonds. The monoisotopic (exact) mass is 333 g/mol. The van der Waals surface area contributed by atoms with Gasteiger partial charge in [-0.05, 0) is 43.9 Å². The number of aromatic carboxylic acids is 1. The Morgan fingerprint density at radius 2 is 1.86 bits per heavy atom. The van der Waals surface area contributed by atoms with E-state index < -0.39 is 16.0 Å². The highest BCUT2D eigenvalue weighted by Crippen LogP contribution is 2.25. The largest absolute Gasteiger partial charge is 0.478 e. The van der Waals surface area contributed by atoms with Gasteiger partial charge in [0, 0.05) is 6.04 Å². The van der Waals surface area contributed by atoms with Crippen LogP contribution in [0.4, 0.5) is 0 Å². The lowest BCUT2D eigenvalue weighted by molar-refractivity contribution is 0.0696. The molecule has 0 aromatic heterocycles. The van der Waals surface area contributed by atoms with Gasteiger partial charge in [0.25, 0.3) is 0 Å². The molecule has 21 heavy (non-hydrogen) atoms. The predicted molar refractivity (Wildman–Crippen MR) is 77.0 cm³/mol. The minimum atomic E-state index is -3.89. The zero-order valence-corrected chi connectivity index (χ0v) is 12.7. The number of aliphatic hydroxyl groups excluding tert-OH is 1. The molecule has 116 valence electrons. The predicted octanol–water partition coefficient (Wildman–Crippen LogP) is 1.62. The van der Waals surface area contributed by atoms with Gasteiger partial charge < -0.3 is 10.2 Å². The van der Waals surface area contributed by atoms with Crippen LogP contribution in [0.3, 0.4) is 0 Å². The van der Waals surface area contributed by atoms with Gasteiger partial charge in [0.2, 0.25) is 10.0 Å². The van der Waals surface area contributed by atoms with Gasteiger partial charge in [0.1, 0.15) is 4.90 Å². The highest BCUT2D eigenvalue weighted by Gasteiger charge is 2.26. The van der Waals surface area contributed by atoms with Gasteiger partial charge in [0.15, 0.2) is 0 Å². The van der Waals surface area contributed by atoms with Crippen LogP contribution in [0.15, 0.2) is 23.1 Å². The third kappa shape index (κ3) is 3.94. The molecule has 0 aliphatic heterocycles. The van der Waals surface area contributed by atoms with Crippen molar-refractivity contribution in [1.29, 1.82) is 0 Å². The first-order valence-corrected chi connectivity index (χ1v) is 8.39. The fourth-order valence-electron chi connectivity index (χ4n) is 2.32. The summed E-state index contributed by atoms with van der Waals surface area (Å²) in [4.78, 5) is 10.7. The first-order chi connectivity index (χ1) is 9.79. The lowest BCUT2D eigenvalue weighted by atomic mass is 9.94. The van der Waals surface area contributed by atoms with Crippen LogP contribution in [0.1, 0.15) is 36.0 Å². The van der Waals surface area contributed by atoms with Gasteiger partial charge in [-0.1, -0.05) is 11.6 Å². The van der Waals surface area contributed by atoms with E-state index in [1.807, 2.05) is 0 Å². The fraction of sp³-hybridized carbons (Fsp3) is 0.462. The van der Waals surface area contributed by atoms with Gasteiger partial charge in [-0.25, -0.2) is 17.9 Å². The van der Waals surface area contributed by atoms with E-state index in [1.54, 1.807) is 0 Å². The molecule has 8 heteroatoms. The van der Waals surface area contributed by atoms with Crippen molar-refractivity contribution in [1.82, 2.24) is 4.72 Å². The molecule has 1 aromatic carbocycles. The number of carbonyl (C=O) groups is 1. The Balaban J connectivity index is 2.23. The summed E-state index contributed by atoms with van der Waals surface area (Å²) in [7, 11) is -3.89. The Hall–Kier alpha value is -1.15. The van der Waals surface area contributed by atoms with Crippen molar-refractivity contribution in [3.05, 3.63) is 28.8 Å². The van der Waals surface area contributed by atoms with E-state index >= 15 is 0 Å². The van der Waals surface area contributed by atoms with Crippen molar-refractivity contribution in [2.75, 3.05) is 0 Å². The molecule has 0 atom stereocenters. The van der Waals surface area contributed by atoms with Gasteiger partial charge in [-0.3, -0.25) is 0 Å². The molecule has 6 nitrogen and oxygen atoms in total. The molecule has 1 fully saturated rings. The summed E-state index contributed by atoms with van der Waals surface area (Å²) in [6, 6.07) is 3.28. The van der Waals surface area contributed by atoms with Crippen molar-refractivity contribution < 1.29 is 23.4 Å². The van der Waals surface area contributed by atoms with E-state index in [1.165, 1.54) is 12.1 Å². The SMILES string of the molecule is O=C(O)c1ccc(Cl)c(S(=O)(=O)NC2CCC(O)CC2)c1. The van der Waals surface area contributed by atoms with Crippen LogP contribution in [0, 0.1) is 0 Å². The summed E-state index contributed by atoms with van der Waals surface area (Å²) >= 11 is 5.87. The molecular formula is C13H16ClNO5S. The van der Waals surface area contributed by atoms with E-state index in [0.717, 1.165) is 6.07 Å². The molecule has 1 aliphatic rings. The Morgan fingerprint density at radius 1 is 1.24 bits per heavy atom. The molecule has 0 unspecified atom stereocenters. The smallest absolute Gasteiger partial charge is 0.335 e. The zero-order valence-electron chi connectivity index (χ0n) is 11.1. The maximum absolute atomic E-state index is 12.3. The second-order valence-electron chi connectivity index (χ2n) is 5.08. The summed E-state index contributed by atoms with van der Waals surface area (Å²) in [5.41, 5.74) is -0.140. The number of nitrogens with one attached hydrogen (secondary N) is 1. The van der Waals surface area contributed by atoms with Crippen molar-refractivity contribution >= 4 is 27.6 Å². The maximum Gasteiger partial charge on any atom is 0.335 e. The van der Waals surface area contributed by atoms with Crippen LogP contribution < -0.4 is 4.72 Å². The normalized spacial score (nSPS) is 23.0. The Labute approximate surface area is 127 Å². The second-order valence-corrected chi connectivity index (χ2v) is 7.17. The molecule has 1 aromatic rings. The molecule has 1 saturated carbocycles.